The number of amides is 1. The van der Waals surface area contributed by atoms with Crippen molar-refractivity contribution in [2.45, 2.75) is 25.8 Å². The third-order valence-electron chi connectivity index (χ3n) is 5.67. The Morgan fingerprint density at radius 2 is 1.97 bits per heavy atom. The molecule has 2 aromatic rings. The standard InChI is InChI=1S/C19H25N5O4S/c1-3-23-6-4-13(5-7-23)20-14-8-12-9-16(24-11-18(26)21-29(24)28)17(25)10-15(12)22(2)19(14)27/h8-10,13,20,25H,3-7,11H2,1-2H3,(H,21,26). The molecule has 1 aromatic heterocycles. The smallest absolute Gasteiger partial charge is 0.274 e. The summed E-state index contributed by atoms with van der Waals surface area (Å²) in [5.41, 5.74) is 1.19. The summed E-state index contributed by atoms with van der Waals surface area (Å²) in [5.74, 6) is -0.505. The summed E-state index contributed by atoms with van der Waals surface area (Å²) >= 11 is -1.74. The van der Waals surface area contributed by atoms with Gasteiger partial charge in [-0.2, -0.15) is 0 Å². The lowest BCUT2D eigenvalue weighted by Crippen LogP contribution is -2.40. The first-order chi connectivity index (χ1) is 13.9. The highest BCUT2D eigenvalue weighted by Gasteiger charge is 2.29. The van der Waals surface area contributed by atoms with Gasteiger partial charge in [-0.05, 0) is 31.5 Å². The van der Waals surface area contributed by atoms with Crippen molar-refractivity contribution in [3.05, 3.63) is 28.6 Å². The van der Waals surface area contributed by atoms with E-state index in [9.17, 15) is 18.9 Å². The molecule has 2 saturated heterocycles. The average Bonchev–Trinajstić information content (AvgIpc) is 3.04. The van der Waals surface area contributed by atoms with Gasteiger partial charge in [0.15, 0.2) is 0 Å². The van der Waals surface area contributed by atoms with Crippen LogP contribution in [0.1, 0.15) is 19.8 Å². The molecule has 2 fully saturated rings. The first-order valence-corrected chi connectivity index (χ1v) is 10.8. The van der Waals surface area contributed by atoms with Crippen molar-refractivity contribution in [3.63, 3.8) is 0 Å². The van der Waals surface area contributed by atoms with Gasteiger partial charge in [0.25, 0.3) is 11.5 Å². The minimum atomic E-state index is -1.74. The number of fused-ring (bicyclic) bond motifs is 1. The van der Waals surface area contributed by atoms with Gasteiger partial charge in [0, 0.05) is 37.6 Å². The van der Waals surface area contributed by atoms with Crippen molar-refractivity contribution in [2.24, 2.45) is 7.05 Å². The summed E-state index contributed by atoms with van der Waals surface area (Å²) in [5, 5.41) is 14.5. The fourth-order valence-electron chi connectivity index (χ4n) is 3.96. The molecule has 0 spiro atoms. The fraction of sp³-hybridized carbons (Fsp3) is 0.474. The summed E-state index contributed by atoms with van der Waals surface area (Å²) in [4.78, 5) is 26.8. The summed E-state index contributed by atoms with van der Waals surface area (Å²) in [6, 6.07) is 5.12. The van der Waals surface area contributed by atoms with Crippen LogP contribution in [0.15, 0.2) is 23.0 Å². The molecular weight excluding hydrogens is 394 g/mol. The van der Waals surface area contributed by atoms with E-state index in [-0.39, 0.29) is 35.5 Å². The van der Waals surface area contributed by atoms with E-state index >= 15 is 0 Å². The lowest BCUT2D eigenvalue weighted by molar-refractivity contribution is -0.117. The number of carbonyl (C=O) groups excluding carboxylic acids is 1. The molecule has 2 aliphatic heterocycles. The molecule has 1 aromatic carbocycles. The van der Waals surface area contributed by atoms with Gasteiger partial charge in [0.1, 0.15) is 18.0 Å². The van der Waals surface area contributed by atoms with E-state index in [0.717, 1.165) is 32.5 Å². The van der Waals surface area contributed by atoms with Crippen LogP contribution in [0.25, 0.3) is 10.9 Å². The number of hydrogen-bond donors (Lipinski definition) is 3. The Morgan fingerprint density at radius 1 is 1.24 bits per heavy atom. The maximum atomic E-state index is 12.8. The number of nitrogens with zero attached hydrogens (tertiary/aromatic N) is 3. The Morgan fingerprint density at radius 3 is 2.59 bits per heavy atom. The maximum absolute atomic E-state index is 12.8. The van der Waals surface area contributed by atoms with Gasteiger partial charge < -0.3 is 19.9 Å². The molecule has 0 saturated carbocycles. The number of aromatic hydroxyl groups is 1. The molecule has 156 valence electrons. The molecular formula is C19H25N5O4S. The third-order valence-corrected chi connectivity index (χ3v) is 6.80. The minimum Gasteiger partial charge on any atom is -0.506 e. The second-order valence-corrected chi connectivity index (χ2v) is 8.63. The number of phenols is 1. The van der Waals surface area contributed by atoms with Gasteiger partial charge in [-0.1, -0.05) is 6.92 Å². The van der Waals surface area contributed by atoms with Crippen molar-refractivity contribution < 1.29 is 14.1 Å². The van der Waals surface area contributed by atoms with Crippen molar-refractivity contribution in [1.29, 1.82) is 0 Å². The molecule has 0 radical (unpaired) electrons. The highest BCUT2D eigenvalue weighted by atomic mass is 32.2. The van der Waals surface area contributed by atoms with Crippen LogP contribution in [-0.2, 0) is 23.0 Å². The molecule has 3 heterocycles. The molecule has 9 nitrogen and oxygen atoms in total. The van der Waals surface area contributed by atoms with E-state index in [1.165, 1.54) is 14.9 Å². The number of nitrogens with one attached hydrogen (secondary N) is 2. The molecule has 2 aliphatic rings. The highest BCUT2D eigenvalue weighted by Crippen LogP contribution is 2.34. The maximum Gasteiger partial charge on any atom is 0.274 e. The van der Waals surface area contributed by atoms with Gasteiger partial charge in [0.05, 0.1) is 11.2 Å². The lowest BCUT2D eigenvalue weighted by atomic mass is 10.0. The van der Waals surface area contributed by atoms with Crippen LogP contribution in [0.3, 0.4) is 0 Å². The number of phenolic OH excluding ortho intramolecular Hbond substituents is 1. The molecule has 1 unspecified atom stereocenters. The van der Waals surface area contributed by atoms with Gasteiger partial charge in [0.2, 0.25) is 11.2 Å². The second kappa shape index (κ2) is 7.68. The van der Waals surface area contributed by atoms with Gasteiger partial charge in [-0.15, -0.1) is 0 Å². The lowest BCUT2D eigenvalue weighted by Gasteiger charge is -2.32. The number of pyridine rings is 1. The molecule has 1 atom stereocenters. The Hall–Kier alpha value is -2.59. The number of likely N-dealkylation sites (tertiary alicyclic amines) is 1. The van der Waals surface area contributed by atoms with Crippen LogP contribution in [0.4, 0.5) is 11.4 Å². The Bertz CT molecular complexity index is 1050. The average molecular weight is 420 g/mol. The zero-order chi connectivity index (χ0) is 20.7. The summed E-state index contributed by atoms with van der Waals surface area (Å²) in [6.07, 6.45) is 1.94. The number of piperidine rings is 1. The van der Waals surface area contributed by atoms with Crippen LogP contribution >= 0.6 is 0 Å². The van der Waals surface area contributed by atoms with Crippen LogP contribution in [0.2, 0.25) is 0 Å². The summed E-state index contributed by atoms with van der Waals surface area (Å²) < 4.78 is 17.2. The summed E-state index contributed by atoms with van der Waals surface area (Å²) in [7, 11) is 1.66. The van der Waals surface area contributed by atoms with E-state index < -0.39 is 11.2 Å². The quantitative estimate of drug-likeness (QED) is 0.672. The Balaban J connectivity index is 1.69. The fourth-order valence-corrected chi connectivity index (χ4v) is 4.89. The van der Waals surface area contributed by atoms with Gasteiger partial charge in [-0.25, -0.2) is 4.21 Å². The number of carbonyl (C=O) groups is 1. The Kier molecular flexibility index (Phi) is 5.22. The topological polar surface area (TPSA) is 107 Å². The van der Waals surface area contributed by atoms with Crippen LogP contribution in [0, 0.1) is 0 Å². The van der Waals surface area contributed by atoms with E-state index in [1.54, 1.807) is 19.2 Å². The third kappa shape index (κ3) is 3.69. The first kappa shape index (κ1) is 19.7. The highest BCUT2D eigenvalue weighted by molar-refractivity contribution is 7.85. The zero-order valence-electron chi connectivity index (χ0n) is 16.5. The molecule has 10 heteroatoms. The van der Waals surface area contributed by atoms with Crippen LogP contribution < -0.4 is 19.9 Å². The number of benzene rings is 1. The van der Waals surface area contributed by atoms with Crippen LogP contribution in [0.5, 0.6) is 5.75 Å². The van der Waals surface area contributed by atoms with Gasteiger partial charge >= 0.3 is 0 Å². The second-order valence-electron chi connectivity index (χ2n) is 7.49. The molecule has 1 amide bonds. The first-order valence-electron chi connectivity index (χ1n) is 9.72. The number of anilines is 2. The normalized spacial score (nSPS) is 21.0. The molecule has 3 N–H and O–H groups in total. The molecule has 4 rings (SSSR count). The molecule has 0 aliphatic carbocycles. The number of aromatic nitrogens is 1. The van der Waals surface area contributed by atoms with Gasteiger partial charge in [-0.3, -0.25) is 18.6 Å². The Labute approximate surface area is 171 Å². The molecule has 0 bridgehead atoms. The predicted octanol–water partition coefficient (Wildman–Crippen LogP) is 0.655. The van der Waals surface area contributed by atoms with Crippen molar-refractivity contribution in [3.8, 4) is 5.75 Å². The van der Waals surface area contributed by atoms with E-state index in [4.69, 9.17) is 0 Å². The van der Waals surface area contributed by atoms with E-state index in [1.807, 2.05) is 0 Å². The van der Waals surface area contributed by atoms with E-state index in [0.29, 0.717) is 16.6 Å². The van der Waals surface area contributed by atoms with Crippen molar-refractivity contribution in [1.82, 2.24) is 14.2 Å². The largest absolute Gasteiger partial charge is 0.506 e. The number of aryl methyl sites for hydroxylation is 1. The van der Waals surface area contributed by atoms with Crippen molar-refractivity contribution in [2.75, 3.05) is 35.8 Å². The van der Waals surface area contributed by atoms with Crippen molar-refractivity contribution >= 4 is 39.4 Å². The SMILES string of the molecule is CCN1CCC(Nc2cc3cc(N4CC(=O)NS4=O)c(O)cc3n(C)c2=O)CC1. The minimum absolute atomic E-state index is 0.0987. The summed E-state index contributed by atoms with van der Waals surface area (Å²) in [6.45, 7) is 5.09. The zero-order valence-corrected chi connectivity index (χ0v) is 17.3. The predicted molar refractivity (Wildman–Crippen MR) is 113 cm³/mol. The number of hydrogen-bond acceptors (Lipinski definition) is 6. The number of rotatable bonds is 4. The molecule has 29 heavy (non-hydrogen) atoms. The van der Waals surface area contributed by atoms with Crippen LogP contribution in [-0.4, -0.2) is 56.9 Å². The monoisotopic (exact) mass is 419 g/mol. The van der Waals surface area contributed by atoms with E-state index in [2.05, 4.69) is 21.9 Å².